The van der Waals surface area contributed by atoms with Gasteiger partial charge in [-0.1, -0.05) is 51.8 Å². The second-order valence-electron chi connectivity index (χ2n) is 7.87. The van der Waals surface area contributed by atoms with Crippen molar-refractivity contribution in [1.29, 1.82) is 0 Å². The van der Waals surface area contributed by atoms with Gasteiger partial charge in [0.2, 0.25) is 12.7 Å². The Bertz CT molecular complexity index is 1040. The molecule has 29 heavy (non-hydrogen) atoms. The second kappa shape index (κ2) is 7.02. The van der Waals surface area contributed by atoms with E-state index in [1.807, 2.05) is 19.1 Å². The average molecular weight is 454 g/mol. The number of benzene rings is 2. The first-order valence-electron chi connectivity index (χ1n) is 9.69. The van der Waals surface area contributed by atoms with Crippen LogP contribution < -0.4 is 14.8 Å². The lowest BCUT2D eigenvalue weighted by molar-refractivity contribution is -0.127. The maximum atomic E-state index is 13.3. The number of hydrogen-bond acceptors (Lipinski definition) is 4. The van der Waals surface area contributed by atoms with E-state index in [9.17, 15) is 9.59 Å². The number of carbonyl (C=O) groups excluding carboxylic acids is 2. The molecular formula is C23H20BrNO4. The number of halogens is 1. The number of piperidine rings is 1. The van der Waals surface area contributed by atoms with Crippen LogP contribution in [-0.4, -0.2) is 18.5 Å². The number of hydrogen-bond donors (Lipinski definition) is 1. The Morgan fingerprint density at radius 1 is 1.03 bits per heavy atom. The molecule has 2 aromatic carbocycles. The highest BCUT2D eigenvalue weighted by molar-refractivity contribution is 9.10. The van der Waals surface area contributed by atoms with Gasteiger partial charge in [-0.25, -0.2) is 0 Å². The fourth-order valence-corrected chi connectivity index (χ4v) is 5.14. The summed E-state index contributed by atoms with van der Waals surface area (Å²) in [5.74, 6) is 0.804. The lowest BCUT2D eigenvalue weighted by atomic mass is 9.70. The Kier molecular flexibility index (Phi) is 4.46. The molecule has 3 aliphatic rings. The number of carbonyl (C=O) groups is 2. The van der Waals surface area contributed by atoms with Crippen LogP contribution in [0.1, 0.15) is 41.4 Å². The van der Waals surface area contributed by atoms with E-state index in [-0.39, 0.29) is 42.7 Å². The standard InChI is InChI=1S/C23H20BrNO4/c1-12-2-4-13(5-3-12)14-6-18-23(19(26)7-14)16(9-22(27)25-18)15-8-20-21(10-17(15)24)29-11-28-20/h2-6,8,10,14,16,23H,7,9,11H2,1H3,(H,25,27)/t14-,16-,23+/m0/s1. The van der Waals surface area contributed by atoms with Crippen LogP contribution in [0.5, 0.6) is 11.5 Å². The molecule has 1 aliphatic carbocycles. The molecule has 2 aliphatic heterocycles. The van der Waals surface area contributed by atoms with Crippen molar-refractivity contribution in [2.45, 2.75) is 31.6 Å². The van der Waals surface area contributed by atoms with Crippen molar-refractivity contribution in [3.63, 3.8) is 0 Å². The van der Waals surface area contributed by atoms with Crippen LogP contribution in [0.4, 0.5) is 0 Å². The SMILES string of the molecule is Cc1ccc([C@H]2C=C3NC(=O)C[C@@H](c4cc5c(cc4Br)OCO5)[C@H]3C(=O)C2)cc1. The van der Waals surface area contributed by atoms with E-state index in [4.69, 9.17) is 9.47 Å². The lowest BCUT2D eigenvalue weighted by Gasteiger charge is -2.37. The van der Waals surface area contributed by atoms with Crippen LogP contribution in [-0.2, 0) is 9.59 Å². The van der Waals surface area contributed by atoms with Crippen LogP contribution >= 0.6 is 15.9 Å². The molecule has 1 saturated heterocycles. The van der Waals surface area contributed by atoms with Gasteiger partial charge in [-0.3, -0.25) is 9.59 Å². The van der Waals surface area contributed by atoms with Crippen molar-refractivity contribution in [3.05, 3.63) is 69.3 Å². The van der Waals surface area contributed by atoms with E-state index >= 15 is 0 Å². The molecular weight excluding hydrogens is 434 g/mol. The smallest absolute Gasteiger partial charge is 0.231 e. The minimum absolute atomic E-state index is 0.0198. The van der Waals surface area contributed by atoms with Crippen molar-refractivity contribution >= 4 is 27.6 Å². The monoisotopic (exact) mass is 453 g/mol. The molecule has 0 radical (unpaired) electrons. The summed E-state index contributed by atoms with van der Waals surface area (Å²) < 4.78 is 11.8. The summed E-state index contributed by atoms with van der Waals surface area (Å²) in [4.78, 5) is 25.8. The minimum Gasteiger partial charge on any atom is -0.454 e. The number of fused-ring (bicyclic) bond motifs is 2. The molecule has 3 atom stereocenters. The normalized spacial score (nSPS) is 25.3. The number of Topliss-reactive ketones (excluding diaryl/α,β-unsaturated/α-hetero) is 1. The van der Waals surface area contributed by atoms with Gasteiger partial charge in [-0.15, -0.1) is 0 Å². The highest BCUT2D eigenvalue weighted by Crippen LogP contribution is 2.47. The van der Waals surface area contributed by atoms with Crippen molar-refractivity contribution in [3.8, 4) is 11.5 Å². The first-order valence-corrected chi connectivity index (χ1v) is 10.5. The number of nitrogens with one attached hydrogen (secondary N) is 1. The molecule has 1 N–H and O–H groups in total. The van der Waals surface area contributed by atoms with Crippen molar-refractivity contribution in [2.75, 3.05) is 6.79 Å². The fraction of sp³-hybridized carbons (Fsp3) is 0.304. The van der Waals surface area contributed by atoms with Gasteiger partial charge in [0.15, 0.2) is 11.5 Å². The van der Waals surface area contributed by atoms with E-state index in [0.717, 1.165) is 21.3 Å². The Morgan fingerprint density at radius 2 is 1.76 bits per heavy atom. The maximum Gasteiger partial charge on any atom is 0.231 e. The largest absolute Gasteiger partial charge is 0.454 e. The summed E-state index contributed by atoms with van der Waals surface area (Å²) in [7, 11) is 0. The van der Waals surface area contributed by atoms with Gasteiger partial charge in [0, 0.05) is 34.8 Å². The summed E-state index contributed by atoms with van der Waals surface area (Å²) in [6.45, 7) is 2.22. The molecule has 0 aromatic heterocycles. The van der Waals surface area contributed by atoms with E-state index in [1.54, 1.807) is 0 Å². The van der Waals surface area contributed by atoms with Gasteiger partial charge in [-0.05, 0) is 30.2 Å². The molecule has 2 heterocycles. The zero-order chi connectivity index (χ0) is 20.1. The molecule has 0 unspecified atom stereocenters. The third-order valence-electron chi connectivity index (χ3n) is 5.97. The van der Waals surface area contributed by atoms with Gasteiger partial charge in [-0.2, -0.15) is 0 Å². The fourth-order valence-electron chi connectivity index (χ4n) is 4.52. The number of allylic oxidation sites excluding steroid dienone is 2. The van der Waals surface area contributed by atoms with Crippen molar-refractivity contribution in [1.82, 2.24) is 5.32 Å². The summed E-state index contributed by atoms with van der Waals surface area (Å²) in [6.07, 6.45) is 2.76. The first-order chi connectivity index (χ1) is 14.0. The molecule has 148 valence electrons. The Hall–Kier alpha value is -2.60. The van der Waals surface area contributed by atoms with E-state index in [0.29, 0.717) is 17.9 Å². The van der Waals surface area contributed by atoms with Crippen LogP contribution in [0.3, 0.4) is 0 Å². The highest BCUT2D eigenvalue weighted by Gasteiger charge is 2.43. The molecule has 1 fully saturated rings. The Morgan fingerprint density at radius 3 is 2.52 bits per heavy atom. The van der Waals surface area contributed by atoms with Crippen LogP contribution in [0.25, 0.3) is 0 Å². The number of aryl methyl sites for hydroxylation is 1. The molecule has 0 bridgehead atoms. The average Bonchev–Trinajstić information content (AvgIpc) is 3.14. The van der Waals surface area contributed by atoms with E-state index in [2.05, 4.69) is 51.6 Å². The van der Waals surface area contributed by atoms with Gasteiger partial charge < -0.3 is 14.8 Å². The summed E-state index contributed by atoms with van der Waals surface area (Å²) in [5.41, 5.74) is 3.90. The third-order valence-corrected chi connectivity index (χ3v) is 6.66. The minimum atomic E-state index is -0.355. The molecule has 5 rings (SSSR count). The molecule has 1 amide bonds. The molecule has 0 spiro atoms. The van der Waals surface area contributed by atoms with Crippen molar-refractivity contribution < 1.29 is 19.1 Å². The third kappa shape index (κ3) is 3.25. The number of ether oxygens (including phenoxy) is 2. The van der Waals surface area contributed by atoms with E-state index in [1.165, 1.54) is 5.56 Å². The maximum absolute atomic E-state index is 13.3. The topological polar surface area (TPSA) is 64.6 Å². The predicted molar refractivity (Wildman–Crippen MR) is 111 cm³/mol. The predicted octanol–water partition coefficient (Wildman–Crippen LogP) is 4.35. The van der Waals surface area contributed by atoms with Crippen LogP contribution in [0.15, 0.2) is 52.6 Å². The molecule has 0 saturated carbocycles. The number of ketones is 1. The second-order valence-corrected chi connectivity index (χ2v) is 8.73. The summed E-state index contributed by atoms with van der Waals surface area (Å²) in [5, 5.41) is 2.96. The molecule has 6 heteroatoms. The van der Waals surface area contributed by atoms with Gasteiger partial charge >= 0.3 is 0 Å². The van der Waals surface area contributed by atoms with Crippen LogP contribution in [0.2, 0.25) is 0 Å². The quantitative estimate of drug-likeness (QED) is 0.733. The molecule has 5 nitrogen and oxygen atoms in total. The lowest BCUT2D eigenvalue weighted by Crippen LogP contribution is -2.43. The molecule has 2 aromatic rings. The zero-order valence-corrected chi connectivity index (χ0v) is 17.5. The first kappa shape index (κ1) is 18.4. The zero-order valence-electron chi connectivity index (χ0n) is 15.9. The van der Waals surface area contributed by atoms with Crippen LogP contribution in [0, 0.1) is 12.8 Å². The summed E-state index contributed by atoms with van der Waals surface area (Å²) >= 11 is 3.60. The van der Waals surface area contributed by atoms with Crippen molar-refractivity contribution in [2.24, 2.45) is 5.92 Å². The highest BCUT2D eigenvalue weighted by atomic mass is 79.9. The van der Waals surface area contributed by atoms with Gasteiger partial charge in [0.05, 0.1) is 5.92 Å². The van der Waals surface area contributed by atoms with Gasteiger partial charge in [0.1, 0.15) is 5.78 Å². The summed E-state index contributed by atoms with van der Waals surface area (Å²) in [6, 6.07) is 12.0. The number of rotatable bonds is 2. The van der Waals surface area contributed by atoms with E-state index < -0.39 is 0 Å². The van der Waals surface area contributed by atoms with Gasteiger partial charge in [0.25, 0.3) is 0 Å². The number of amides is 1. The Balaban J connectivity index is 1.53. The Labute approximate surface area is 177 Å².